The summed E-state index contributed by atoms with van der Waals surface area (Å²) in [4.78, 5) is 0. The molecule has 1 aliphatic rings. The highest BCUT2D eigenvalue weighted by molar-refractivity contribution is 5.56. The molecule has 0 aliphatic heterocycles. The van der Waals surface area contributed by atoms with Gasteiger partial charge >= 0.3 is 12.4 Å². The van der Waals surface area contributed by atoms with Crippen LogP contribution in [0.4, 0.5) is 32.0 Å². The molecule has 3 N–H and O–H groups in total. The fourth-order valence-electron chi connectivity index (χ4n) is 2.58. The molecule has 1 aliphatic carbocycles. The molecule has 0 amide bonds. The third-order valence-electron chi connectivity index (χ3n) is 3.72. The Kier molecular flexibility index (Phi) is 3.64. The van der Waals surface area contributed by atoms with Crippen molar-refractivity contribution in [3.8, 4) is 0 Å². The van der Waals surface area contributed by atoms with Crippen LogP contribution in [0.2, 0.25) is 0 Å². The largest absolute Gasteiger partial charge is 0.430 e. The number of halogens is 6. The Morgan fingerprint density at radius 1 is 0.857 bits per heavy atom. The molecule has 8 heteroatoms. The summed E-state index contributed by atoms with van der Waals surface area (Å²) < 4.78 is 77.2. The number of hydrogen-bond acceptors (Lipinski definition) is 2. The molecule has 0 atom stereocenters. The van der Waals surface area contributed by atoms with Crippen LogP contribution in [-0.2, 0) is 18.4 Å². The van der Waals surface area contributed by atoms with Crippen LogP contribution >= 0.6 is 0 Å². The molecule has 118 valence electrons. The lowest BCUT2D eigenvalue weighted by Gasteiger charge is -2.34. The number of aliphatic hydroxyl groups is 1. The molecular weight excluding hydrogens is 300 g/mol. The van der Waals surface area contributed by atoms with Gasteiger partial charge in [-0.15, -0.1) is 0 Å². The topological polar surface area (TPSA) is 46.2 Å². The zero-order valence-corrected chi connectivity index (χ0v) is 10.8. The van der Waals surface area contributed by atoms with E-state index in [1.165, 1.54) is 0 Å². The van der Waals surface area contributed by atoms with Crippen LogP contribution in [0.5, 0.6) is 0 Å². The normalized spacial score (nSPS) is 16.7. The van der Waals surface area contributed by atoms with Crippen molar-refractivity contribution in [2.75, 3.05) is 5.73 Å². The highest BCUT2D eigenvalue weighted by Gasteiger charge is 2.72. The second-order valence-electron chi connectivity index (χ2n) is 5.12. The molecule has 2 rings (SSSR count). The van der Waals surface area contributed by atoms with Crippen LogP contribution in [0.3, 0.4) is 0 Å². The molecule has 0 saturated carbocycles. The van der Waals surface area contributed by atoms with Gasteiger partial charge in [-0.3, -0.25) is 0 Å². The van der Waals surface area contributed by atoms with Crippen molar-refractivity contribution in [2.45, 2.75) is 43.6 Å². The van der Waals surface area contributed by atoms with E-state index in [2.05, 4.69) is 0 Å². The van der Waals surface area contributed by atoms with E-state index in [1.54, 1.807) is 0 Å². The molecule has 2 nitrogen and oxygen atoms in total. The quantitative estimate of drug-likeness (QED) is 0.616. The lowest BCUT2D eigenvalue weighted by molar-refractivity contribution is -0.376. The second kappa shape index (κ2) is 4.79. The van der Waals surface area contributed by atoms with Gasteiger partial charge in [0, 0.05) is 11.3 Å². The highest BCUT2D eigenvalue weighted by Crippen LogP contribution is 2.52. The van der Waals surface area contributed by atoms with Crippen molar-refractivity contribution < 1.29 is 31.4 Å². The van der Waals surface area contributed by atoms with Crippen LogP contribution in [0.15, 0.2) is 12.1 Å². The van der Waals surface area contributed by atoms with Gasteiger partial charge in [0.05, 0.1) is 0 Å². The van der Waals surface area contributed by atoms with Crippen LogP contribution in [0.25, 0.3) is 0 Å². The summed E-state index contributed by atoms with van der Waals surface area (Å²) in [6, 6.07) is 1.84. The highest BCUT2D eigenvalue weighted by atomic mass is 19.4. The average molecular weight is 313 g/mol. The first-order chi connectivity index (χ1) is 9.48. The van der Waals surface area contributed by atoms with E-state index in [4.69, 9.17) is 5.73 Å². The molecule has 0 saturated heterocycles. The first-order valence-electron chi connectivity index (χ1n) is 6.26. The number of nitrogen functional groups attached to an aromatic ring is 1. The van der Waals surface area contributed by atoms with Crippen LogP contribution in [0, 0.1) is 0 Å². The van der Waals surface area contributed by atoms with E-state index in [0.717, 1.165) is 18.6 Å². The zero-order chi connectivity index (χ0) is 16.1. The number of benzene rings is 1. The maximum absolute atomic E-state index is 12.9. The summed E-state index contributed by atoms with van der Waals surface area (Å²) in [5, 5.41) is 9.41. The SMILES string of the molecule is Nc1cc2c(cc1C(O)(C(F)(F)F)C(F)(F)F)CCCC2. The Morgan fingerprint density at radius 2 is 1.29 bits per heavy atom. The molecule has 1 aromatic rings. The summed E-state index contributed by atoms with van der Waals surface area (Å²) in [6.45, 7) is 0. The molecule has 0 fully saturated rings. The van der Waals surface area contributed by atoms with Gasteiger partial charge in [-0.25, -0.2) is 0 Å². The maximum atomic E-state index is 12.9. The molecule has 0 aromatic heterocycles. The third-order valence-corrected chi connectivity index (χ3v) is 3.72. The van der Waals surface area contributed by atoms with Gasteiger partial charge in [-0.2, -0.15) is 26.3 Å². The Bertz CT molecular complexity index is 535. The predicted octanol–water partition coefficient (Wildman–Crippen LogP) is 3.46. The minimum atomic E-state index is -5.91. The molecule has 1 aromatic carbocycles. The van der Waals surface area contributed by atoms with Crippen molar-refractivity contribution in [1.82, 2.24) is 0 Å². The van der Waals surface area contributed by atoms with Crippen molar-refractivity contribution in [3.63, 3.8) is 0 Å². The number of alkyl halides is 6. The molecule has 0 heterocycles. The Labute approximate surface area is 116 Å². The van der Waals surface area contributed by atoms with Crippen LogP contribution in [0.1, 0.15) is 29.5 Å². The number of rotatable bonds is 1. The second-order valence-corrected chi connectivity index (χ2v) is 5.12. The summed E-state index contributed by atoms with van der Waals surface area (Å²) in [5.41, 5.74) is -0.637. The standard InChI is InChI=1S/C13H13F6NO/c14-12(15,16)11(21,13(17,18)19)9-5-7-3-1-2-4-8(7)6-10(9)20/h5-6,21H,1-4,20H2. The van der Waals surface area contributed by atoms with Crippen molar-refractivity contribution in [3.05, 3.63) is 28.8 Å². The number of fused-ring (bicyclic) bond motifs is 1. The van der Waals surface area contributed by atoms with Crippen LogP contribution < -0.4 is 5.73 Å². The van der Waals surface area contributed by atoms with E-state index in [-0.39, 0.29) is 0 Å². The van der Waals surface area contributed by atoms with E-state index in [9.17, 15) is 31.4 Å². The molecule has 0 spiro atoms. The van der Waals surface area contributed by atoms with Gasteiger partial charge in [0.25, 0.3) is 5.60 Å². The summed E-state index contributed by atoms with van der Waals surface area (Å²) >= 11 is 0. The number of aryl methyl sites for hydroxylation is 2. The monoisotopic (exact) mass is 313 g/mol. The van der Waals surface area contributed by atoms with Gasteiger partial charge in [-0.05, 0) is 48.9 Å². The summed E-state index contributed by atoms with van der Waals surface area (Å²) in [6.07, 6.45) is -9.43. The van der Waals surface area contributed by atoms with E-state index in [1.807, 2.05) is 0 Å². The lowest BCUT2D eigenvalue weighted by Crippen LogP contribution is -2.54. The molecule has 0 bridgehead atoms. The number of hydrogen-bond donors (Lipinski definition) is 2. The number of nitrogens with two attached hydrogens (primary N) is 1. The van der Waals surface area contributed by atoms with Crippen molar-refractivity contribution in [2.24, 2.45) is 0 Å². The number of anilines is 1. The van der Waals surface area contributed by atoms with Gasteiger partial charge < -0.3 is 10.8 Å². The van der Waals surface area contributed by atoms with Gasteiger partial charge in [0.1, 0.15) is 0 Å². The minimum Gasteiger partial charge on any atom is -0.398 e. The smallest absolute Gasteiger partial charge is 0.398 e. The molecular formula is C13H13F6NO. The molecule has 21 heavy (non-hydrogen) atoms. The third kappa shape index (κ3) is 2.45. The summed E-state index contributed by atoms with van der Waals surface area (Å²) in [5.74, 6) is 0. The van der Waals surface area contributed by atoms with E-state index < -0.39 is 29.2 Å². The molecule has 0 unspecified atom stereocenters. The van der Waals surface area contributed by atoms with Crippen molar-refractivity contribution >= 4 is 5.69 Å². The lowest BCUT2D eigenvalue weighted by atomic mass is 9.84. The first kappa shape index (κ1) is 15.9. The zero-order valence-electron chi connectivity index (χ0n) is 10.8. The maximum Gasteiger partial charge on any atom is 0.430 e. The van der Waals surface area contributed by atoms with E-state index >= 15 is 0 Å². The predicted molar refractivity (Wildman–Crippen MR) is 63.5 cm³/mol. The van der Waals surface area contributed by atoms with Crippen LogP contribution in [-0.4, -0.2) is 17.5 Å². The summed E-state index contributed by atoms with van der Waals surface area (Å²) in [7, 11) is 0. The van der Waals surface area contributed by atoms with Gasteiger partial charge in [0.2, 0.25) is 0 Å². The van der Waals surface area contributed by atoms with Gasteiger partial charge in [0.15, 0.2) is 0 Å². The minimum absolute atomic E-state index is 0.369. The Balaban J connectivity index is 2.67. The Morgan fingerprint density at radius 3 is 1.71 bits per heavy atom. The Hall–Kier alpha value is -1.44. The first-order valence-corrected chi connectivity index (χ1v) is 6.26. The fraction of sp³-hybridized carbons (Fsp3) is 0.538. The fourth-order valence-corrected chi connectivity index (χ4v) is 2.58. The molecule has 0 radical (unpaired) electrons. The average Bonchev–Trinajstić information content (AvgIpc) is 2.34. The van der Waals surface area contributed by atoms with Gasteiger partial charge in [-0.1, -0.05) is 0 Å². The van der Waals surface area contributed by atoms with Crippen molar-refractivity contribution in [1.29, 1.82) is 0 Å². The van der Waals surface area contributed by atoms with E-state index in [0.29, 0.717) is 30.4 Å².